The normalized spacial score (nSPS) is 13.2. The molecule has 3 rings (SSSR count). The molecule has 0 aromatic carbocycles. The molecule has 6 heteroatoms. The predicted octanol–water partition coefficient (Wildman–Crippen LogP) is 2.32. The van der Waals surface area contributed by atoms with Gasteiger partial charge in [0.2, 0.25) is 0 Å². The van der Waals surface area contributed by atoms with Crippen molar-refractivity contribution in [3.8, 4) is 0 Å². The van der Waals surface area contributed by atoms with E-state index in [-0.39, 0.29) is 11.7 Å². The van der Waals surface area contributed by atoms with Crippen molar-refractivity contribution >= 4 is 11.7 Å². The molecule has 2 aromatic rings. The molecule has 0 saturated carbocycles. The van der Waals surface area contributed by atoms with E-state index in [1.807, 2.05) is 13.8 Å². The molecule has 2 N–H and O–H groups in total. The average molecular weight is 314 g/mol. The Morgan fingerprint density at radius 3 is 2.65 bits per heavy atom. The van der Waals surface area contributed by atoms with Crippen LogP contribution in [0.2, 0.25) is 0 Å². The van der Waals surface area contributed by atoms with Gasteiger partial charge in [0.1, 0.15) is 0 Å². The number of aryl methyl sites for hydroxylation is 2. The molecule has 0 fully saturated rings. The van der Waals surface area contributed by atoms with E-state index in [1.165, 1.54) is 18.2 Å². The fraction of sp³-hybridized carbons (Fsp3) is 0.471. The number of carbonyl (C=O) groups is 2. The van der Waals surface area contributed by atoms with Crippen LogP contribution in [-0.4, -0.2) is 38.8 Å². The minimum absolute atomic E-state index is 0.0579. The standard InChI is InChI=1S/C17H22N4O2/c1-9-15(10(2)18-16(9)11(3)22)17(23)21(4)8-14-12-6-5-7-13(12)19-20-14/h18H,5-8H2,1-4H3,(H,19,20). The zero-order valence-electron chi connectivity index (χ0n) is 14.0. The van der Waals surface area contributed by atoms with Crippen molar-refractivity contribution < 1.29 is 9.59 Å². The Bertz CT molecular complexity index is 785. The number of nitrogens with zero attached hydrogens (tertiary/aromatic N) is 2. The number of carbonyl (C=O) groups excluding carboxylic acids is 2. The van der Waals surface area contributed by atoms with Gasteiger partial charge < -0.3 is 9.88 Å². The first-order chi connectivity index (χ1) is 10.9. The lowest BCUT2D eigenvalue weighted by Crippen LogP contribution is -2.27. The SMILES string of the molecule is CC(=O)c1[nH]c(C)c(C(=O)N(C)Cc2n[nH]c3c2CCC3)c1C. The Morgan fingerprint density at radius 1 is 1.26 bits per heavy atom. The second kappa shape index (κ2) is 5.68. The van der Waals surface area contributed by atoms with Crippen LogP contribution in [0.1, 0.15) is 62.4 Å². The van der Waals surface area contributed by atoms with Crippen LogP contribution in [0.3, 0.4) is 0 Å². The number of amides is 1. The van der Waals surface area contributed by atoms with Crippen LogP contribution >= 0.6 is 0 Å². The molecule has 23 heavy (non-hydrogen) atoms. The monoisotopic (exact) mass is 314 g/mol. The first-order valence-corrected chi connectivity index (χ1v) is 7.90. The maximum Gasteiger partial charge on any atom is 0.256 e. The van der Waals surface area contributed by atoms with Crippen LogP contribution < -0.4 is 0 Å². The minimum Gasteiger partial charge on any atom is -0.355 e. The summed E-state index contributed by atoms with van der Waals surface area (Å²) >= 11 is 0. The highest BCUT2D eigenvalue weighted by Gasteiger charge is 2.25. The van der Waals surface area contributed by atoms with Gasteiger partial charge in [-0.05, 0) is 44.2 Å². The number of aromatic nitrogens is 3. The molecule has 0 spiro atoms. The number of rotatable bonds is 4. The lowest BCUT2D eigenvalue weighted by atomic mass is 10.1. The van der Waals surface area contributed by atoms with Crippen LogP contribution in [0.4, 0.5) is 0 Å². The highest BCUT2D eigenvalue weighted by atomic mass is 16.2. The maximum atomic E-state index is 12.8. The van der Waals surface area contributed by atoms with Crippen molar-refractivity contribution in [1.82, 2.24) is 20.1 Å². The number of Topliss-reactive ketones (excluding diaryl/α,β-unsaturated/α-hetero) is 1. The minimum atomic E-state index is -0.0847. The largest absolute Gasteiger partial charge is 0.355 e. The van der Waals surface area contributed by atoms with Crippen molar-refractivity contribution in [3.05, 3.63) is 39.5 Å². The van der Waals surface area contributed by atoms with Crippen molar-refractivity contribution in [3.63, 3.8) is 0 Å². The Balaban J connectivity index is 1.84. The predicted molar refractivity (Wildman–Crippen MR) is 86.7 cm³/mol. The zero-order valence-corrected chi connectivity index (χ0v) is 14.0. The number of H-pyrrole nitrogens is 2. The highest BCUT2D eigenvalue weighted by Crippen LogP contribution is 2.25. The van der Waals surface area contributed by atoms with E-state index in [4.69, 9.17) is 0 Å². The molecule has 2 aromatic heterocycles. The smallest absolute Gasteiger partial charge is 0.256 e. The van der Waals surface area contributed by atoms with E-state index >= 15 is 0 Å². The van der Waals surface area contributed by atoms with Crippen LogP contribution in [0, 0.1) is 13.8 Å². The van der Waals surface area contributed by atoms with E-state index in [0.717, 1.165) is 36.2 Å². The third-order valence-electron chi connectivity index (χ3n) is 4.63. The molecule has 0 saturated heterocycles. The van der Waals surface area contributed by atoms with E-state index < -0.39 is 0 Å². The molecule has 0 unspecified atom stereocenters. The topological polar surface area (TPSA) is 81.8 Å². The molecule has 0 bridgehead atoms. The van der Waals surface area contributed by atoms with Gasteiger partial charge in [0.15, 0.2) is 5.78 Å². The van der Waals surface area contributed by atoms with E-state index in [2.05, 4.69) is 15.2 Å². The first kappa shape index (κ1) is 15.5. The van der Waals surface area contributed by atoms with Gasteiger partial charge in [-0.3, -0.25) is 14.7 Å². The molecule has 6 nitrogen and oxygen atoms in total. The van der Waals surface area contributed by atoms with Gasteiger partial charge in [-0.1, -0.05) is 0 Å². The van der Waals surface area contributed by atoms with Crippen molar-refractivity contribution in [1.29, 1.82) is 0 Å². The number of aromatic amines is 2. The molecular formula is C17H22N4O2. The first-order valence-electron chi connectivity index (χ1n) is 7.90. The Morgan fingerprint density at radius 2 is 2.00 bits per heavy atom. The van der Waals surface area contributed by atoms with Gasteiger partial charge in [0, 0.05) is 25.4 Å². The molecule has 1 aliphatic carbocycles. The molecule has 0 aliphatic heterocycles. The Labute approximate surface area is 135 Å². The number of nitrogens with one attached hydrogen (secondary N) is 2. The Hall–Kier alpha value is -2.37. The molecule has 0 atom stereocenters. The molecule has 0 radical (unpaired) electrons. The maximum absolute atomic E-state index is 12.8. The summed E-state index contributed by atoms with van der Waals surface area (Å²) in [4.78, 5) is 29.1. The summed E-state index contributed by atoms with van der Waals surface area (Å²) in [5, 5.41) is 7.42. The summed E-state index contributed by atoms with van der Waals surface area (Å²) in [6.45, 7) is 5.62. The second-order valence-corrected chi connectivity index (χ2v) is 6.32. The van der Waals surface area contributed by atoms with Gasteiger partial charge in [-0.25, -0.2) is 0 Å². The third kappa shape index (κ3) is 2.58. The number of ketones is 1. The number of hydrogen-bond acceptors (Lipinski definition) is 3. The van der Waals surface area contributed by atoms with Gasteiger partial charge >= 0.3 is 0 Å². The average Bonchev–Trinajstić information content (AvgIpc) is 3.15. The molecule has 1 amide bonds. The van der Waals surface area contributed by atoms with Crippen molar-refractivity contribution in [2.45, 2.75) is 46.6 Å². The van der Waals surface area contributed by atoms with Crippen LogP contribution in [0.15, 0.2) is 0 Å². The fourth-order valence-corrected chi connectivity index (χ4v) is 3.43. The van der Waals surface area contributed by atoms with Gasteiger partial charge in [0.25, 0.3) is 5.91 Å². The van der Waals surface area contributed by atoms with Crippen LogP contribution in [0.5, 0.6) is 0 Å². The number of fused-ring (bicyclic) bond motifs is 1. The lowest BCUT2D eigenvalue weighted by molar-refractivity contribution is 0.0782. The third-order valence-corrected chi connectivity index (χ3v) is 4.63. The molecule has 122 valence electrons. The molecular weight excluding hydrogens is 292 g/mol. The van der Waals surface area contributed by atoms with Crippen molar-refractivity contribution in [2.75, 3.05) is 7.05 Å². The number of hydrogen-bond donors (Lipinski definition) is 2. The summed E-state index contributed by atoms with van der Waals surface area (Å²) in [7, 11) is 1.78. The summed E-state index contributed by atoms with van der Waals surface area (Å²) in [5.41, 5.74) is 5.97. The van der Waals surface area contributed by atoms with Crippen molar-refractivity contribution in [2.24, 2.45) is 0 Å². The molecule has 1 aliphatic rings. The van der Waals surface area contributed by atoms with Gasteiger partial charge in [-0.2, -0.15) is 5.10 Å². The lowest BCUT2D eigenvalue weighted by Gasteiger charge is -2.17. The zero-order chi connectivity index (χ0) is 16.7. The van der Waals surface area contributed by atoms with Crippen LogP contribution in [-0.2, 0) is 19.4 Å². The second-order valence-electron chi connectivity index (χ2n) is 6.32. The van der Waals surface area contributed by atoms with E-state index in [9.17, 15) is 9.59 Å². The van der Waals surface area contributed by atoms with Gasteiger partial charge in [-0.15, -0.1) is 0 Å². The summed E-state index contributed by atoms with van der Waals surface area (Å²) < 4.78 is 0. The quantitative estimate of drug-likeness (QED) is 0.850. The van der Waals surface area contributed by atoms with E-state index in [1.54, 1.807) is 11.9 Å². The summed E-state index contributed by atoms with van der Waals surface area (Å²) in [6, 6.07) is 0. The van der Waals surface area contributed by atoms with E-state index in [0.29, 0.717) is 17.8 Å². The Kier molecular flexibility index (Phi) is 3.83. The summed E-state index contributed by atoms with van der Waals surface area (Å²) in [5.74, 6) is -0.143. The fourth-order valence-electron chi connectivity index (χ4n) is 3.43. The highest BCUT2D eigenvalue weighted by molar-refractivity contribution is 6.02. The van der Waals surface area contributed by atoms with Gasteiger partial charge in [0.05, 0.1) is 23.5 Å². The summed E-state index contributed by atoms with van der Waals surface area (Å²) in [6.07, 6.45) is 3.21. The van der Waals surface area contributed by atoms with Crippen LogP contribution in [0.25, 0.3) is 0 Å². The molecule has 2 heterocycles.